The van der Waals surface area contributed by atoms with Crippen LogP contribution in [0.25, 0.3) is 0 Å². The van der Waals surface area contributed by atoms with E-state index in [-0.39, 0.29) is 0 Å². The lowest BCUT2D eigenvalue weighted by Crippen LogP contribution is -2.15. The van der Waals surface area contributed by atoms with Crippen molar-refractivity contribution in [3.8, 4) is 0 Å². The molecule has 16 heavy (non-hydrogen) atoms. The van der Waals surface area contributed by atoms with Crippen LogP contribution in [-0.4, -0.2) is 14.6 Å². The summed E-state index contributed by atoms with van der Waals surface area (Å²) in [5.41, 5.74) is 2.57. The van der Waals surface area contributed by atoms with Gasteiger partial charge in [-0.25, -0.2) is 0 Å². The van der Waals surface area contributed by atoms with E-state index in [9.17, 15) is 0 Å². The molecule has 90 valence electrons. The number of hydrogen-bond donors (Lipinski definition) is 0. The molecule has 0 amide bonds. The fraction of sp³-hybridized carbons (Fsp3) is 0.769. The molecule has 0 N–H and O–H groups in total. The molecular formula is C13H21BrN2. The van der Waals surface area contributed by atoms with Gasteiger partial charge >= 0.3 is 0 Å². The Hall–Kier alpha value is -0.310. The summed E-state index contributed by atoms with van der Waals surface area (Å²) >= 11 is 3.78. The molecule has 1 aromatic rings. The van der Waals surface area contributed by atoms with Gasteiger partial charge in [0.2, 0.25) is 0 Å². The van der Waals surface area contributed by atoms with Crippen LogP contribution in [0.3, 0.4) is 0 Å². The molecular weight excluding hydrogens is 264 g/mol. The van der Waals surface area contributed by atoms with Crippen molar-refractivity contribution in [1.82, 2.24) is 9.78 Å². The highest BCUT2D eigenvalue weighted by Gasteiger charge is 2.31. The van der Waals surface area contributed by atoms with E-state index in [2.05, 4.69) is 52.5 Å². The predicted octanol–water partition coefficient (Wildman–Crippen LogP) is 3.56. The Morgan fingerprint density at radius 1 is 1.50 bits per heavy atom. The summed E-state index contributed by atoms with van der Waals surface area (Å²) in [5, 5.41) is 4.52. The third kappa shape index (κ3) is 2.34. The zero-order chi connectivity index (χ0) is 11.7. The number of aryl methyl sites for hydroxylation is 2. The maximum atomic E-state index is 4.52. The highest BCUT2D eigenvalue weighted by molar-refractivity contribution is 9.09. The summed E-state index contributed by atoms with van der Waals surface area (Å²) in [6, 6.07) is 2.25. The lowest BCUT2D eigenvalue weighted by molar-refractivity contribution is 0.409. The number of aromatic nitrogens is 2. The monoisotopic (exact) mass is 284 g/mol. The summed E-state index contributed by atoms with van der Waals surface area (Å²) in [5.74, 6) is 1.62. The smallest absolute Gasteiger partial charge is 0.0596 e. The Kier molecular flexibility index (Phi) is 3.73. The van der Waals surface area contributed by atoms with Crippen LogP contribution in [-0.2, 0) is 13.0 Å². The average molecular weight is 285 g/mol. The van der Waals surface area contributed by atoms with Gasteiger partial charge in [0.15, 0.2) is 0 Å². The van der Waals surface area contributed by atoms with Crippen molar-refractivity contribution in [3.63, 3.8) is 0 Å². The molecule has 1 aliphatic carbocycles. The Morgan fingerprint density at radius 3 is 2.81 bits per heavy atom. The SMILES string of the molecule is CCn1nc(C)cc1CC1CCC(Br)C1C. The largest absolute Gasteiger partial charge is 0.270 e. The topological polar surface area (TPSA) is 17.8 Å². The summed E-state index contributed by atoms with van der Waals surface area (Å²) in [4.78, 5) is 0.719. The van der Waals surface area contributed by atoms with Gasteiger partial charge in [0.25, 0.3) is 0 Å². The minimum Gasteiger partial charge on any atom is -0.270 e. The summed E-state index contributed by atoms with van der Waals surface area (Å²) in [6.45, 7) is 7.61. The first kappa shape index (κ1) is 12.2. The van der Waals surface area contributed by atoms with Crippen LogP contribution in [0, 0.1) is 18.8 Å². The summed E-state index contributed by atoms with van der Waals surface area (Å²) in [7, 11) is 0. The van der Waals surface area contributed by atoms with Crippen LogP contribution in [0.1, 0.15) is 38.1 Å². The molecule has 1 aromatic heterocycles. The fourth-order valence-corrected chi connectivity index (χ4v) is 3.48. The third-order valence-corrected chi connectivity index (χ3v) is 5.18. The van der Waals surface area contributed by atoms with Crippen molar-refractivity contribution < 1.29 is 0 Å². The number of nitrogens with zero attached hydrogens (tertiary/aromatic N) is 2. The molecule has 2 rings (SSSR count). The van der Waals surface area contributed by atoms with Crippen molar-refractivity contribution in [2.45, 2.75) is 51.4 Å². The summed E-state index contributed by atoms with van der Waals surface area (Å²) < 4.78 is 2.16. The lowest BCUT2D eigenvalue weighted by Gasteiger charge is -2.17. The maximum absolute atomic E-state index is 4.52. The molecule has 0 radical (unpaired) electrons. The van der Waals surface area contributed by atoms with Crippen molar-refractivity contribution in [2.75, 3.05) is 0 Å². The first-order chi connectivity index (χ1) is 7.61. The van der Waals surface area contributed by atoms with E-state index < -0.39 is 0 Å². The second-order valence-corrected chi connectivity index (χ2v) is 6.19. The lowest BCUT2D eigenvalue weighted by atomic mass is 9.93. The van der Waals surface area contributed by atoms with E-state index in [1.54, 1.807) is 0 Å². The molecule has 1 heterocycles. The first-order valence-corrected chi connectivity index (χ1v) is 7.20. The van der Waals surface area contributed by atoms with Crippen LogP contribution < -0.4 is 0 Å². The minimum atomic E-state index is 0.719. The zero-order valence-electron chi connectivity index (χ0n) is 10.4. The fourth-order valence-electron chi connectivity index (χ4n) is 2.79. The van der Waals surface area contributed by atoms with Gasteiger partial charge in [-0.1, -0.05) is 22.9 Å². The first-order valence-electron chi connectivity index (χ1n) is 6.29. The van der Waals surface area contributed by atoms with Crippen LogP contribution >= 0.6 is 15.9 Å². The number of rotatable bonds is 3. The molecule has 3 heteroatoms. The van der Waals surface area contributed by atoms with E-state index in [0.29, 0.717) is 0 Å². The van der Waals surface area contributed by atoms with Gasteiger partial charge in [-0.2, -0.15) is 5.10 Å². The van der Waals surface area contributed by atoms with Crippen LogP contribution in [0.2, 0.25) is 0 Å². The molecule has 2 nitrogen and oxygen atoms in total. The number of hydrogen-bond acceptors (Lipinski definition) is 1. The molecule has 3 unspecified atom stereocenters. The average Bonchev–Trinajstić information content (AvgIpc) is 2.76. The van der Waals surface area contributed by atoms with Gasteiger partial charge in [-0.15, -0.1) is 0 Å². The van der Waals surface area contributed by atoms with E-state index in [4.69, 9.17) is 0 Å². The van der Waals surface area contributed by atoms with E-state index in [0.717, 1.165) is 28.9 Å². The molecule has 0 saturated heterocycles. The van der Waals surface area contributed by atoms with Crippen molar-refractivity contribution in [1.29, 1.82) is 0 Å². The maximum Gasteiger partial charge on any atom is 0.0596 e. The molecule has 0 aromatic carbocycles. The van der Waals surface area contributed by atoms with E-state index >= 15 is 0 Å². The molecule has 0 aliphatic heterocycles. The molecule has 1 saturated carbocycles. The van der Waals surface area contributed by atoms with Gasteiger partial charge in [0, 0.05) is 17.1 Å². The Labute approximate surface area is 107 Å². The van der Waals surface area contributed by atoms with Gasteiger partial charge in [-0.05, 0) is 51.0 Å². The van der Waals surface area contributed by atoms with E-state index in [1.165, 1.54) is 25.0 Å². The molecule has 0 spiro atoms. The van der Waals surface area contributed by atoms with Gasteiger partial charge in [0.1, 0.15) is 0 Å². The van der Waals surface area contributed by atoms with Crippen molar-refractivity contribution >= 4 is 15.9 Å². The zero-order valence-corrected chi connectivity index (χ0v) is 12.0. The minimum absolute atomic E-state index is 0.719. The van der Waals surface area contributed by atoms with Crippen molar-refractivity contribution in [2.24, 2.45) is 11.8 Å². The molecule has 1 fully saturated rings. The van der Waals surface area contributed by atoms with Gasteiger partial charge < -0.3 is 0 Å². The van der Waals surface area contributed by atoms with Gasteiger partial charge in [0.05, 0.1) is 5.69 Å². The Morgan fingerprint density at radius 2 is 2.25 bits per heavy atom. The normalized spacial score (nSPS) is 29.9. The highest BCUT2D eigenvalue weighted by atomic mass is 79.9. The van der Waals surface area contributed by atoms with Gasteiger partial charge in [-0.3, -0.25) is 4.68 Å². The standard InChI is InChI=1S/C13H21BrN2/c1-4-16-12(7-9(2)15-16)8-11-5-6-13(14)10(11)3/h7,10-11,13H,4-6,8H2,1-3H3. The predicted molar refractivity (Wildman–Crippen MR) is 70.9 cm³/mol. The van der Waals surface area contributed by atoms with Crippen LogP contribution in [0.4, 0.5) is 0 Å². The second kappa shape index (κ2) is 4.91. The van der Waals surface area contributed by atoms with Crippen LogP contribution in [0.15, 0.2) is 6.07 Å². The molecule has 1 aliphatic rings. The molecule has 0 bridgehead atoms. The number of alkyl halides is 1. The quantitative estimate of drug-likeness (QED) is 0.776. The highest BCUT2D eigenvalue weighted by Crippen LogP contribution is 2.38. The van der Waals surface area contributed by atoms with Crippen LogP contribution in [0.5, 0.6) is 0 Å². The Bertz CT molecular complexity index is 359. The number of halogens is 1. The summed E-state index contributed by atoms with van der Waals surface area (Å²) in [6.07, 6.45) is 3.87. The second-order valence-electron chi connectivity index (χ2n) is 5.01. The van der Waals surface area contributed by atoms with Crippen molar-refractivity contribution in [3.05, 3.63) is 17.5 Å². The van der Waals surface area contributed by atoms with E-state index in [1.807, 2.05) is 0 Å². The third-order valence-electron chi connectivity index (χ3n) is 3.88. The molecule has 3 atom stereocenters. The Balaban J connectivity index is 2.08.